The second kappa shape index (κ2) is 20.6. The van der Waals surface area contributed by atoms with Gasteiger partial charge in [-0.1, -0.05) is 12.8 Å². The van der Waals surface area contributed by atoms with Crippen molar-refractivity contribution in [3.8, 4) is 0 Å². The number of carbonyl (C=O) groups is 7. The van der Waals surface area contributed by atoms with E-state index in [1.165, 1.54) is 11.6 Å². The zero-order chi connectivity index (χ0) is 41.7. The molecule has 2 aromatic rings. The van der Waals surface area contributed by atoms with Crippen LogP contribution in [-0.2, 0) is 56.0 Å². The van der Waals surface area contributed by atoms with E-state index in [0.29, 0.717) is 57.9 Å². The predicted molar refractivity (Wildman–Crippen MR) is 198 cm³/mol. The minimum Gasteiger partial charge on any atom is -0.481 e. The molecule has 0 aromatic carbocycles. The molecule has 0 saturated carbocycles. The molecule has 3 atom stereocenters. The third-order valence-electron chi connectivity index (χ3n) is 10.8. The summed E-state index contributed by atoms with van der Waals surface area (Å²) < 4.78 is 9.86. The molecule has 57 heavy (non-hydrogen) atoms. The zero-order valence-corrected chi connectivity index (χ0v) is 32.7. The molecule has 2 aliphatic rings. The van der Waals surface area contributed by atoms with Crippen LogP contribution in [0.15, 0.2) is 24.8 Å². The van der Waals surface area contributed by atoms with Crippen molar-refractivity contribution in [1.82, 2.24) is 30.4 Å². The van der Waals surface area contributed by atoms with Crippen LogP contribution in [0.4, 0.5) is 4.79 Å². The molecule has 2 aliphatic heterocycles. The number of hydrogen-bond donors (Lipinski definition) is 8. The van der Waals surface area contributed by atoms with E-state index in [0.717, 1.165) is 30.5 Å². The lowest BCUT2D eigenvalue weighted by atomic mass is 10.1. The molecule has 8 N–H and O–H groups in total. The second-order valence-electron chi connectivity index (χ2n) is 15.1. The van der Waals surface area contributed by atoms with Crippen molar-refractivity contribution >= 4 is 41.7 Å². The minimum absolute atomic E-state index is 0.0244. The Hall–Kier alpha value is -5.53. The predicted octanol–water partition coefficient (Wildman–Crippen LogP) is 0.224. The van der Waals surface area contributed by atoms with Crippen molar-refractivity contribution in [2.75, 3.05) is 13.1 Å². The number of urea groups is 1. The summed E-state index contributed by atoms with van der Waals surface area (Å²) in [5.74, 6) is -3.01. The number of aliphatic carboxylic acids is 4. The smallest absolute Gasteiger partial charge is 0.380 e. The highest BCUT2D eigenvalue weighted by Gasteiger charge is 2.62. The van der Waals surface area contributed by atoms with Crippen LogP contribution in [0.3, 0.4) is 0 Å². The largest absolute Gasteiger partial charge is 0.481 e. The van der Waals surface area contributed by atoms with Gasteiger partial charge in [-0.05, 0) is 57.8 Å². The Bertz CT molecular complexity index is 1720. The van der Waals surface area contributed by atoms with Crippen LogP contribution in [0.1, 0.15) is 108 Å². The number of hydrogen-bond acceptors (Lipinski definition) is 7. The number of quaternary nitrogens is 1. The maximum Gasteiger partial charge on any atom is 0.380 e. The average molecular weight is 805 g/mol. The van der Waals surface area contributed by atoms with Gasteiger partial charge in [0, 0.05) is 25.8 Å². The number of unbranched alkanes of at least 4 members (excludes halogenated alkanes) is 5. The van der Waals surface area contributed by atoms with Gasteiger partial charge in [-0.25, -0.2) is 32.8 Å². The van der Waals surface area contributed by atoms with E-state index in [2.05, 4.69) is 78.4 Å². The topological polar surface area (TPSA) is 266 Å². The number of nitrogens with one attached hydrogen (secondary N) is 4. The standard InChI is InChI=1S/C37H55N9O11/c1-42-18-20-44-30(42)23-46(24-31-43(2)19-21-45(31)37(44)46)22-10-8-12-25(33(51)52)39-29(48)14-6-4-3-5-13-28(47)38-17-9-7-11-26(34(53)54)40-36(57)41-27(35(55)56)15-16-32(49)50/h18-21,25-27,37H,3-17,22-24H2,1-2H3,(H5-3,38,39,40,41,47,48,49,50,51,52,53,54,55,56,57)/p+3. The zero-order valence-electron chi connectivity index (χ0n) is 32.7. The van der Waals surface area contributed by atoms with Crippen molar-refractivity contribution in [1.29, 1.82) is 0 Å². The van der Waals surface area contributed by atoms with E-state index in [4.69, 9.17) is 10.2 Å². The van der Waals surface area contributed by atoms with Gasteiger partial charge in [-0.15, -0.1) is 9.13 Å². The summed E-state index contributed by atoms with van der Waals surface area (Å²) >= 11 is 0. The first kappa shape index (κ1) is 44.2. The molecule has 20 nitrogen and oxygen atoms in total. The van der Waals surface area contributed by atoms with Crippen LogP contribution in [0, 0.1) is 0 Å². The summed E-state index contributed by atoms with van der Waals surface area (Å²) in [6.07, 6.45) is 13.4. The maximum atomic E-state index is 12.6. The first-order valence-electron chi connectivity index (χ1n) is 19.6. The Morgan fingerprint density at radius 1 is 0.649 bits per heavy atom. The first-order chi connectivity index (χ1) is 27.1. The minimum atomic E-state index is -1.49. The van der Waals surface area contributed by atoms with Crippen LogP contribution < -0.4 is 30.4 Å². The monoisotopic (exact) mass is 804 g/mol. The Kier molecular flexibility index (Phi) is 16.0. The number of imidazole rings is 2. The van der Waals surface area contributed by atoms with Crippen LogP contribution in [0.5, 0.6) is 0 Å². The maximum absolute atomic E-state index is 12.6. The molecule has 0 aliphatic carbocycles. The second-order valence-corrected chi connectivity index (χ2v) is 15.1. The van der Waals surface area contributed by atoms with Gasteiger partial charge in [-0.3, -0.25) is 14.4 Å². The molecule has 4 rings (SSSR count). The normalized spacial score (nSPS) is 18.0. The molecule has 0 fully saturated rings. The Morgan fingerprint density at radius 3 is 1.67 bits per heavy atom. The summed E-state index contributed by atoms with van der Waals surface area (Å²) in [5, 5.41) is 46.8. The average Bonchev–Trinajstić information content (AvgIpc) is 3.86. The van der Waals surface area contributed by atoms with Gasteiger partial charge < -0.3 is 41.7 Å². The van der Waals surface area contributed by atoms with E-state index < -0.39 is 54.5 Å². The first-order valence-corrected chi connectivity index (χ1v) is 19.6. The summed E-state index contributed by atoms with van der Waals surface area (Å²) in [5.41, 5.74) is 0. The fraction of sp³-hybridized carbons (Fsp3) is 0.649. The van der Waals surface area contributed by atoms with Crippen molar-refractivity contribution < 1.29 is 67.6 Å². The van der Waals surface area contributed by atoms with Gasteiger partial charge in [0.15, 0.2) is 13.1 Å². The number of carboxylic acids is 4. The van der Waals surface area contributed by atoms with E-state index in [1.807, 2.05) is 0 Å². The lowest BCUT2D eigenvalue weighted by Gasteiger charge is -2.28. The number of rotatable bonds is 26. The highest BCUT2D eigenvalue weighted by atomic mass is 16.4. The number of carboxylic acid groups (broad SMARTS) is 4. The highest BCUT2D eigenvalue weighted by molar-refractivity contribution is 5.86. The summed E-state index contributed by atoms with van der Waals surface area (Å²) in [6.45, 7) is 2.96. The molecule has 0 bridgehead atoms. The SMILES string of the molecule is C[n+]1ccn2c1C[N+]1(CCCCC(NC(=O)CCCCCCC(=O)NCCCCC(NC(=O)NC(CCC(=O)O)C(=O)O)C(=O)O)C(=O)O)Cc3n(cc[n+]3C)C21. The molecule has 0 spiro atoms. The fourth-order valence-corrected chi connectivity index (χ4v) is 7.73. The van der Waals surface area contributed by atoms with Crippen molar-refractivity contribution in [2.24, 2.45) is 14.1 Å². The third-order valence-corrected chi connectivity index (χ3v) is 10.8. The Labute approximate surface area is 330 Å². The third kappa shape index (κ3) is 12.2. The molecule has 20 heteroatoms. The van der Waals surface area contributed by atoms with Gasteiger partial charge in [-0.2, -0.15) is 0 Å². The molecule has 2 aromatic heterocycles. The van der Waals surface area contributed by atoms with E-state index >= 15 is 0 Å². The number of nitrogens with zero attached hydrogens (tertiary/aromatic N) is 5. The van der Waals surface area contributed by atoms with Gasteiger partial charge in [0.25, 0.3) is 0 Å². The van der Waals surface area contributed by atoms with Crippen molar-refractivity contribution in [3.05, 3.63) is 36.4 Å². The van der Waals surface area contributed by atoms with Gasteiger partial charge in [0.1, 0.15) is 42.9 Å². The molecule has 4 amide bonds. The summed E-state index contributed by atoms with van der Waals surface area (Å²) in [4.78, 5) is 82.5. The Balaban J connectivity index is 1.04. The van der Waals surface area contributed by atoms with Crippen molar-refractivity contribution in [2.45, 2.75) is 127 Å². The van der Waals surface area contributed by atoms with Gasteiger partial charge in [0.2, 0.25) is 11.8 Å². The lowest BCUT2D eigenvalue weighted by molar-refractivity contribution is -0.982. The Morgan fingerprint density at radius 2 is 1.14 bits per heavy atom. The number of amides is 4. The molecular formula is C37H58N9O11+3. The quantitative estimate of drug-likeness (QED) is 0.0362. The van der Waals surface area contributed by atoms with E-state index in [9.17, 15) is 43.8 Å². The molecule has 0 saturated heterocycles. The summed E-state index contributed by atoms with van der Waals surface area (Å²) in [6, 6.07) is -4.80. The molecule has 0 radical (unpaired) electrons. The van der Waals surface area contributed by atoms with Crippen LogP contribution >= 0.6 is 0 Å². The van der Waals surface area contributed by atoms with E-state index in [1.54, 1.807) is 0 Å². The molecule has 3 unspecified atom stereocenters. The number of carbonyl (C=O) groups excluding carboxylic acids is 3. The van der Waals surface area contributed by atoms with Crippen LogP contribution in [0.25, 0.3) is 0 Å². The molecule has 314 valence electrons. The van der Waals surface area contributed by atoms with E-state index in [-0.39, 0.29) is 43.8 Å². The molecular weight excluding hydrogens is 746 g/mol. The molecule has 4 heterocycles. The number of fused-ring (bicyclic) bond motifs is 5. The number of aryl methyl sites for hydroxylation is 2. The number of aromatic nitrogens is 4. The van der Waals surface area contributed by atoms with Crippen LogP contribution in [0.2, 0.25) is 0 Å². The van der Waals surface area contributed by atoms with Crippen LogP contribution in [-0.4, -0.2) is 107 Å². The summed E-state index contributed by atoms with van der Waals surface area (Å²) in [7, 11) is 4.12. The fourth-order valence-electron chi connectivity index (χ4n) is 7.73. The van der Waals surface area contributed by atoms with Crippen molar-refractivity contribution in [3.63, 3.8) is 0 Å². The highest BCUT2D eigenvalue weighted by Crippen LogP contribution is 2.42. The lowest BCUT2D eigenvalue weighted by Crippen LogP contribution is -2.51. The van der Waals surface area contributed by atoms with Gasteiger partial charge >= 0.3 is 47.8 Å². The van der Waals surface area contributed by atoms with Gasteiger partial charge in [0.05, 0.1) is 20.6 Å².